The highest BCUT2D eigenvalue weighted by molar-refractivity contribution is 5.54. The number of hydrogen-bond donors (Lipinski definition) is 0. The molecule has 0 aromatic heterocycles. The summed E-state index contributed by atoms with van der Waals surface area (Å²) in [6.45, 7) is 15.8. The lowest BCUT2D eigenvalue weighted by atomic mass is 9.93. The zero-order valence-corrected chi connectivity index (χ0v) is 15.8. The molecule has 0 radical (unpaired) electrons. The molecule has 0 saturated carbocycles. The number of ether oxygens (including phenoxy) is 2. The lowest BCUT2D eigenvalue weighted by molar-refractivity contribution is -0.0583. The van der Waals surface area contributed by atoms with Gasteiger partial charge in [0.05, 0.1) is 5.60 Å². The maximum Gasteiger partial charge on any atom is 0.173 e. The van der Waals surface area contributed by atoms with E-state index in [-0.39, 0.29) is 5.60 Å². The SMILES string of the molecule is C=C/C=C\C=C1/Oc2ccccc2C12C=CC(C)(C)O2.CC.CC. The molecule has 2 aliphatic heterocycles. The van der Waals surface area contributed by atoms with Crippen molar-refractivity contribution in [1.82, 2.24) is 0 Å². The van der Waals surface area contributed by atoms with Crippen molar-refractivity contribution in [1.29, 1.82) is 0 Å². The van der Waals surface area contributed by atoms with Crippen LogP contribution in [0.1, 0.15) is 47.1 Å². The second kappa shape index (κ2) is 8.70. The molecule has 0 bridgehead atoms. The molecule has 2 nitrogen and oxygen atoms in total. The Hall–Kier alpha value is -2.06. The van der Waals surface area contributed by atoms with E-state index in [4.69, 9.17) is 9.47 Å². The first-order chi connectivity index (χ1) is 11.6. The second-order valence-corrected chi connectivity index (χ2v) is 5.52. The number of rotatable bonds is 2. The number of hydrogen-bond acceptors (Lipinski definition) is 2. The van der Waals surface area contributed by atoms with E-state index in [1.54, 1.807) is 6.08 Å². The van der Waals surface area contributed by atoms with Gasteiger partial charge in [-0.15, -0.1) is 0 Å². The molecule has 130 valence electrons. The van der Waals surface area contributed by atoms with E-state index in [0.717, 1.165) is 17.1 Å². The van der Waals surface area contributed by atoms with E-state index >= 15 is 0 Å². The third kappa shape index (κ3) is 3.88. The second-order valence-electron chi connectivity index (χ2n) is 5.52. The van der Waals surface area contributed by atoms with Crippen LogP contribution >= 0.6 is 0 Å². The highest BCUT2D eigenvalue weighted by atomic mass is 16.6. The fourth-order valence-corrected chi connectivity index (χ4v) is 2.65. The van der Waals surface area contributed by atoms with Crippen LogP contribution < -0.4 is 4.74 Å². The van der Waals surface area contributed by atoms with Gasteiger partial charge in [0.2, 0.25) is 0 Å². The zero-order valence-electron chi connectivity index (χ0n) is 15.8. The molecule has 0 saturated heterocycles. The standard InChI is InChI=1S/C18H18O2.2C2H6/c1-4-5-6-11-16-18(13-12-17(2,3)20-18)14-9-7-8-10-15(14)19-16;2*1-2/h4-13H,1H2,2-3H3;2*1-2H3/b6-5-,16-11-;;. The Bertz CT molecular complexity index is 635. The first-order valence-corrected chi connectivity index (χ1v) is 8.75. The normalized spacial score (nSPS) is 24.0. The van der Waals surface area contributed by atoms with Gasteiger partial charge < -0.3 is 9.47 Å². The molecule has 1 unspecified atom stereocenters. The van der Waals surface area contributed by atoms with Crippen LogP contribution in [0.15, 0.2) is 73.1 Å². The number of benzene rings is 1. The summed E-state index contributed by atoms with van der Waals surface area (Å²) in [5.41, 5.74) is 0.147. The third-order valence-electron chi connectivity index (χ3n) is 3.51. The molecule has 1 spiro atoms. The van der Waals surface area contributed by atoms with E-state index in [2.05, 4.69) is 38.6 Å². The molecule has 0 amide bonds. The van der Waals surface area contributed by atoms with Gasteiger partial charge in [0, 0.05) is 5.56 Å². The third-order valence-corrected chi connectivity index (χ3v) is 3.51. The van der Waals surface area contributed by atoms with Crippen molar-refractivity contribution >= 4 is 0 Å². The quantitative estimate of drug-likeness (QED) is 0.468. The number of para-hydroxylation sites is 1. The molecule has 1 aromatic carbocycles. The van der Waals surface area contributed by atoms with E-state index in [0.29, 0.717) is 0 Å². The van der Waals surface area contributed by atoms with Gasteiger partial charge in [-0.2, -0.15) is 0 Å². The Balaban J connectivity index is 0.000000671. The predicted molar refractivity (Wildman–Crippen MR) is 103 cm³/mol. The van der Waals surface area contributed by atoms with Gasteiger partial charge in [-0.3, -0.25) is 0 Å². The summed E-state index contributed by atoms with van der Waals surface area (Å²) in [6, 6.07) is 8.00. The number of allylic oxidation sites excluding steroid dienone is 4. The van der Waals surface area contributed by atoms with Crippen LogP contribution in [0.4, 0.5) is 0 Å². The Morgan fingerprint density at radius 2 is 1.62 bits per heavy atom. The van der Waals surface area contributed by atoms with Gasteiger partial charge in [0.25, 0.3) is 0 Å². The van der Waals surface area contributed by atoms with E-state index < -0.39 is 5.60 Å². The first kappa shape index (κ1) is 20.0. The molecule has 2 heterocycles. The first-order valence-electron chi connectivity index (χ1n) is 8.75. The Morgan fingerprint density at radius 3 is 2.21 bits per heavy atom. The summed E-state index contributed by atoms with van der Waals surface area (Å²) in [4.78, 5) is 0. The molecule has 2 heteroatoms. The molecule has 2 aliphatic rings. The maximum absolute atomic E-state index is 6.30. The molecule has 3 rings (SSSR count). The molecule has 0 fully saturated rings. The monoisotopic (exact) mass is 326 g/mol. The van der Waals surface area contributed by atoms with E-state index in [9.17, 15) is 0 Å². The van der Waals surface area contributed by atoms with Crippen LogP contribution in [0.5, 0.6) is 5.75 Å². The Labute approximate surface area is 147 Å². The highest BCUT2D eigenvalue weighted by Crippen LogP contribution is 2.52. The molecule has 1 atom stereocenters. The predicted octanol–water partition coefficient (Wildman–Crippen LogP) is 6.32. The van der Waals surface area contributed by atoms with Gasteiger partial charge in [0.1, 0.15) is 11.5 Å². The van der Waals surface area contributed by atoms with E-state index in [1.165, 1.54) is 0 Å². The van der Waals surface area contributed by atoms with Gasteiger partial charge >= 0.3 is 0 Å². The van der Waals surface area contributed by atoms with Gasteiger partial charge in [0.15, 0.2) is 5.60 Å². The van der Waals surface area contributed by atoms with Crippen molar-refractivity contribution in [2.75, 3.05) is 0 Å². The van der Waals surface area contributed by atoms with Crippen molar-refractivity contribution in [3.63, 3.8) is 0 Å². The molecule has 1 aromatic rings. The molecule has 0 N–H and O–H groups in total. The highest BCUT2D eigenvalue weighted by Gasteiger charge is 2.50. The summed E-state index contributed by atoms with van der Waals surface area (Å²) in [5, 5.41) is 0. The fourth-order valence-electron chi connectivity index (χ4n) is 2.65. The lowest BCUT2D eigenvalue weighted by Gasteiger charge is -2.28. The Kier molecular flexibility index (Phi) is 7.24. The van der Waals surface area contributed by atoms with Crippen LogP contribution in [0.2, 0.25) is 0 Å². The van der Waals surface area contributed by atoms with Gasteiger partial charge in [-0.05, 0) is 32.1 Å². The van der Waals surface area contributed by atoms with Gasteiger partial charge in [-0.1, -0.05) is 76.8 Å². The summed E-state index contributed by atoms with van der Waals surface area (Å²) in [6.07, 6.45) is 11.6. The van der Waals surface area contributed by atoms with Crippen molar-refractivity contribution in [2.45, 2.75) is 52.7 Å². The van der Waals surface area contributed by atoms with Crippen LogP contribution in [-0.2, 0) is 10.3 Å². The maximum atomic E-state index is 6.30. The summed E-state index contributed by atoms with van der Waals surface area (Å²) < 4.78 is 12.3. The smallest absolute Gasteiger partial charge is 0.173 e. The summed E-state index contributed by atoms with van der Waals surface area (Å²) in [7, 11) is 0. The summed E-state index contributed by atoms with van der Waals surface area (Å²) >= 11 is 0. The topological polar surface area (TPSA) is 18.5 Å². The van der Waals surface area contributed by atoms with Crippen LogP contribution in [-0.4, -0.2) is 5.60 Å². The minimum absolute atomic E-state index is 0.304. The van der Waals surface area contributed by atoms with Crippen LogP contribution in [0.25, 0.3) is 0 Å². The van der Waals surface area contributed by atoms with Crippen LogP contribution in [0.3, 0.4) is 0 Å². The molecular weight excluding hydrogens is 296 g/mol. The molecule has 0 aliphatic carbocycles. The van der Waals surface area contributed by atoms with E-state index in [1.807, 2.05) is 64.1 Å². The zero-order chi connectivity index (χ0) is 18.2. The minimum atomic E-state index is -0.606. The lowest BCUT2D eigenvalue weighted by Crippen LogP contribution is -2.31. The number of fused-ring (bicyclic) bond motifs is 2. The minimum Gasteiger partial charge on any atom is -0.457 e. The summed E-state index contributed by atoms with van der Waals surface area (Å²) in [5.74, 6) is 1.65. The van der Waals surface area contributed by atoms with Crippen molar-refractivity contribution in [3.05, 3.63) is 78.6 Å². The average molecular weight is 326 g/mol. The molecular formula is C22H30O2. The van der Waals surface area contributed by atoms with Crippen molar-refractivity contribution < 1.29 is 9.47 Å². The average Bonchev–Trinajstić information content (AvgIpc) is 3.09. The fraction of sp³-hybridized carbons (Fsp3) is 0.364. The van der Waals surface area contributed by atoms with Crippen molar-refractivity contribution in [2.24, 2.45) is 0 Å². The largest absolute Gasteiger partial charge is 0.457 e. The Morgan fingerprint density at radius 1 is 0.958 bits per heavy atom. The van der Waals surface area contributed by atoms with Gasteiger partial charge in [-0.25, -0.2) is 0 Å². The molecule has 24 heavy (non-hydrogen) atoms. The van der Waals surface area contributed by atoms with Crippen LogP contribution in [0, 0.1) is 0 Å². The van der Waals surface area contributed by atoms with Crippen molar-refractivity contribution in [3.8, 4) is 5.75 Å².